The molecule has 6 atom stereocenters. The quantitative estimate of drug-likeness (QED) is 0.154. The van der Waals surface area contributed by atoms with Crippen molar-refractivity contribution in [1.29, 1.82) is 0 Å². The van der Waals surface area contributed by atoms with Crippen molar-refractivity contribution in [3.63, 3.8) is 0 Å². The molecule has 2 saturated heterocycles. The molecule has 0 amide bonds. The van der Waals surface area contributed by atoms with E-state index in [0.717, 1.165) is 25.9 Å². The molecule has 8 N–H and O–H groups in total. The van der Waals surface area contributed by atoms with Gasteiger partial charge in [0.1, 0.15) is 35.0 Å². The van der Waals surface area contributed by atoms with Crippen LogP contribution in [0.3, 0.4) is 0 Å². The van der Waals surface area contributed by atoms with Gasteiger partial charge in [0.2, 0.25) is 0 Å². The van der Waals surface area contributed by atoms with Gasteiger partial charge in [-0.2, -0.15) is 9.97 Å². The molecule has 334 valence electrons. The molecule has 14 nitrogen and oxygen atoms in total. The Morgan fingerprint density at radius 3 is 1.29 bits per heavy atom. The second-order valence-electron chi connectivity index (χ2n) is 15.5. The molecule has 4 aromatic rings. The third-order valence-electron chi connectivity index (χ3n) is 12.1. The first-order valence-electron chi connectivity index (χ1n) is 20.2. The number of rotatable bonds is 4. The van der Waals surface area contributed by atoms with Crippen LogP contribution in [0.1, 0.15) is 91.3 Å². The molecule has 0 aliphatic carbocycles. The molecule has 4 aliphatic rings. The van der Waals surface area contributed by atoms with Crippen molar-refractivity contribution < 1.29 is 85.1 Å². The van der Waals surface area contributed by atoms with Gasteiger partial charge < -0.3 is 55.6 Å². The Hall–Kier alpha value is -1.53. The summed E-state index contributed by atoms with van der Waals surface area (Å²) in [5.41, 5.74) is 26.9. The van der Waals surface area contributed by atoms with E-state index in [-0.39, 0.29) is 126 Å². The number of nitrogens with zero attached hydrogens (tertiary/aromatic N) is 4. The molecule has 18 heteroatoms. The zero-order chi connectivity index (χ0) is 44.0. The van der Waals surface area contributed by atoms with Gasteiger partial charge in [-0.05, 0) is 149 Å². The van der Waals surface area contributed by atoms with E-state index in [9.17, 15) is 9.59 Å². The molecule has 2 aromatic carbocycles. The number of hydrogen-bond acceptors (Lipinski definition) is 14. The average Bonchev–Trinajstić information content (AvgIpc) is 3.92. The van der Waals surface area contributed by atoms with E-state index in [0.29, 0.717) is 11.5 Å². The normalized spacial score (nSPS) is 22.2. The van der Waals surface area contributed by atoms with E-state index in [1.165, 1.54) is 99.4 Å². The van der Waals surface area contributed by atoms with Crippen LogP contribution in [0.5, 0.6) is 0 Å². The fourth-order valence-corrected chi connectivity index (χ4v) is 9.89. The number of nitrogen functional groups attached to an aromatic ring is 2. The van der Waals surface area contributed by atoms with Crippen LogP contribution in [0.25, 0.3) is 0 Å². The van der Waals surface area contributed by atoms with Crippen LogP contribution < -0.4 is 33.5 Å². The second-order valence-corrected chi connectivity index (χ2v) is 17.8. The molecule has 0 bridgehead atoms. The standard InChI is InChI=1S/2C14H20N.2C8H11N3O3S.2Y/c2*1-8-9(2)11(4)14-12(5)15-7-6-13(14)10(8)3;2*9-5-1-2-11(8(13)10-5)6-4-15-7(3-12)14-6;;/h2*12,15H,5-7H2,1-4H3;2*1-2,6-7,12H,3-4H2,(H2,9,10,13);;/q2*-1;;;;/t12-;;6-,7+;;;/m0.0.../s1. The summed E-state index contributed by atoms with van der Waals surface area (Å²) in [6.07, 6.45) is 4.66. The minimum atomic E-state index is -0.431. The number of nitrogens with two attached hydrogens (primary N) is 2. The molecule has 3 unspecified atom stereocenters. The Morgan fingerprint density at radius 1 is 0.645 bits per heavy atom. The zero-order valence-corrected chi connectivity index (χ0v) is 44.6. The molecule has 6 heterocycles. The predicted octanol–water partition coefficient (Wildman–Crippen LogP) is 4.69. The maximum atomic E-state index is 11.4. The molecule has 4 aliphatic heterocycles. The van der Waals surface area contributed by atoms with E-state index in [1.807, 2.05) is 0 Å². The smallest absolute Gasteiger partial charge is 0.351 e. The molecule has 0 spiro atoms. The van der Waals surface area contributed by atoms with Crippen LogP contribution in [0.4, 0.5) is 11.6 Å². The zero-order valence-electron chi connectivity index (χ0n) is 37.3. The number of thioether (sulfide) groups is 2. The van der Waals surface area contributed by atoms with Gasteiger partial charge in [0.05, 0.1) is 13.2 Å². The first-order chi connectivity index (χ1) is 28.5. The summed E-state index contributed by atoms with van der Waals surface area (Å²) < 4.78 is 13.6. The van der Waals surface area contributed by atoms with Gasteiger partial charge in [0.15, 0.2) is 0 Å². The minimum absolute atomic E-state index is 0. The van der Waals surface area contributed by atoms with E-state index in [4.69, 9.17) is 31.2 Å². The van der Waals surface area contributed by atoms with Crippen molar-refractivity contribution in [2.75, 3.05) is 49.3 Å². The van der Waals surface area contributed by atoms with Gasteiger partial charge in [-0.15, -0.1) is 23.5 Å². The molecule has 2 radical (unpaired) electrons. The Bertz CT molecular complexity index is 2120. The summed E-state index contributed by atoms with van der Waals surface area (Å²) in [6.45, 7) is 28.3. The fraction of sp³-hybridized carbons (Fsp3) is 0.500. The third kappa shape index (κ3) is 12.9. The van der Waals surface area contributed by atoms with Crippen molar-refractivity contribution in [2.45, 2.75) is 104 Å². The van der Waals surface area contributed by atoms with Gasteiger partial charge in [0, 0.05) is 89.3 Å². The SMILES string of the molecule is Nc1ccn(C2CSC(CO)O2)c(=O)n1.Nc1ccn([C@@H]2CS[C@H](CO)O2)c(=O)n1.[CH2-]C1NCCc2c(C)c(C)c(C)c(C)c21.[CH2-][C@@H]1NCCc2c(C)c(C)c(C)c(C)c21.[Y].[Y]. The van der Waals surface area contributed by atoms with Crippen molar-refractivity contribution in [1.82, 2.24) is 29.7 Å². The van der Waals surface area contributed by atoms with Gasteiger partial charge in [0.25, 0.3) is 0 Å². The fourth-order valence-electron chi connectivity index (χ4n) is 8.03. The first-order valence-corrected chi connectivity index (χ1v) is 22.3. The molecule has 0 saturated carbocycles. The van der Waals surface area contributed by atoms with Crippen LogP contribution in [0, 0.1) is 69.2 Å². The number of fused-ring (bicyclic) bond motifs is 2. The van der Waals surface area contributed by atoms with Gasteiger partial charge in [-0.1, -0.05) is 23.2 Å². The van der Waals surface area contributed by atoms with Crippen molar-refractivity contribution in [2.24, 2.45) is 0 Å². The molecular formula is C44H62N8O6S2Y2-2. The van der Waals surface area contributed by atoms with Gasteiger partial charge in [-0.25, -0.2) is 9.59 Å². The maximum absolute atomic E-state index is 11.4. The number of aromatic nitrogens is 4. The number of hydrogen-bond donors (Lipinski definition) is 6. The summed E-state index contributed by atoms with van der Waals surface area (Å²) in [6, 6.07) is 3.63. The monoisotopic (exact) mass is 1040 g/mol. The van der Waals surface area contributed by atoms with Crippen LogP contribution >= 0.6 is 23.5 Å². The number of benzene rings is 2. The number of aliphatic hydroxyl groups excluding tert-OH is 2. The van der Waals surface area contributed by atoms with Crippen molar-refractivity contribution in [3.05, 3.63) is 126 Å². The Balaban J connectivity index is 0.000000218. The molecule has 2 aromatic heterocycles. The van der Waals surface area contributed by atoms with E-state index < -0.39 is 11.4 Å². The topological polar surface area (TPSA) is 205 Å². The van der Waals surface area contributed by atoms with Gasteiger partial charge >= 0.3 is 11.4 Å². The Kier molecular flexibility index (Phi) is 22.0. The van der Waals surface area contributed by atoms with Gasteiger partial charge in [-0.3, -0.25) is 9.13 Å². The van der Waals surface area contributed by atoms with E-state index in [2.05, 4.69) is 89.8 Å². The van der Waals surface area contributed by atoms with Crippen LogP contribution in [0.2, 0.25) is 0 Å². The first kappa shape index (κ1) is 54.8. The summed E-state index contributed by atoms with van der Waals surface area (Å²) in [4.78, 5) is 30.1. The van der Waals surface area contributed by atoms with Crippen LogP contribution in [-0.4, -0.2) is 78.0 Å². The average molecular weight is 1040 g/mol. The molecule has 2 fully saturated rings. The van der Waals surface area contributed by atoms with Crippen molar-refractivity contribution in [3.8, 4) is 0 Å². The third-order valence-corrected chi connectivity index (χ3v) is 14.3. The Labute approximate surface area is 425 Å². The largest absolute Gasteiger partial charge is 0.393 e. The van der Waals surface area contributed by atoms with Crippen LogP contribution in [0.15, 0.2) is 34.1 Å². The van der Waals surface area contributed by atoms with E-state index >= 15 is 0 Å². The summed E-state index contributed by atoms with van der Waals surface area (Å²) >= 11 is 2.93. The second kappa shape index (κ2) is 24.8. The van der Waals surface area contributed by atoms with E-state index in [1.54, 1.807) is 24.5 Å². The minimum Gasteiger partial charge on any atom is -0.393 e. The number of nitrogens with one attached hydrogen (secondary N) is 2. The predicted molar refractivity (Wildman–Crippen MR) is 243 cm³/mol. The molecular weight excluding hydrogens is 978 g/mol. The van der Waals surface area contributed by atoms with Crippen LogP contribution in [-0.2, 0) is 87.7 Å². The number of anilines is 2. The Morgan fingerprint density at radius 2 is 0.984 bits per heavy atom. The number of aliphatic hydroxyl groups is 2. The maximum Gasteiger partial charge on any atom is 0.351 e. The summed E-state index contributed by atoms with van der Waals surface area (Å²) in [7, 11) is 0. The summed E-state index contributed by atoms with van der Waals surface area (Å²) in [5, 5.41) is 24.6. The van der Waals surface area contributed by atoms with Crippen molar-refractivity contribution >= 4 is 35.2 Å². The molecule has 8 rings (SSSR count). The number of ether oxygens (including phenoxy) is 2. The molecule has 62 heavy (non-hydrogen) atoms. The summed E-state index contributed by atoms with van der Waals surface area (Å²) in [5.74, 6) is 1.63.